The highest BCUT2D eigenvalue weighted by atomic mass is 19.1. The molecule has 0 fully saturated rings. The zero-order chi connectivity index (χ0) is 22.3. The second-order valence-corrected chi connectivity index (χ2v) is 8.27. The fraction of sp³-hybridized carbons (Fsp3) is 0.520. The summed E-state index contributed by atoms with van der Waals surface area (Å²) >= 11 is 0. The molecule has 2 atom stereocenters. The lowest BCUT2D eigenvalue weighted by atomic mass is 9.90. The van der Waals surface area contributed by atoms with Crippen molar-refractivity contribution in [1.29, 1.82) is 0 Å². The molecule has 0 aliphatic rings. The van der Waals surface area contributed by atoms with Crippen molar-refractivity contribution in [2.24, 2.45) is 5.92 Å². The van der Waals surface area contributed by atoms with E-state index in [4.69, 9.17) is 4.74 Å². The van der Waals surface area contributed by atoms with Crippen molar-refractivity contribution < 1.29 is 13.9 Å². The molecule has 1 aromatic carbocycles. The number of aryl methyl sites for hydroxylation is 2. The van der Waals surface area contributed by atoms with Gasteiger partial charge in [0.25, 0.3) is 5.91 Å². The van der Waals surface area contributed by atoms with E-state index in [0.29, 0.717) is 12.5 Å². The highest BCUT2D eigenvalue weighted by molar-refractivity contribution is 5.96. The van der Waals surface area contributed by atoms with Gasteiger partial charge in [0.05, 0.1) is 12.8 Å². The Morgan fingerprint density at radius 2 is 1.90 bits per heavy atom. The van der Waals surface area contributed by atoms with Crippen molar-refractivity contribution in [3.63, 3.8) is 0 Å². The van der Waals surface area contributed by atoms with Gasteiger partial charge in [0.1, 0.15) is 5.82 Å². The maximum atomic E-state index is 13.6. The third-order valence-corrected chi connectivity index (χ3v) is 5.54. The minimum Gasteiger partial charge on any atom is -0.477 e. The molecule has 4 nitrogen and oxygen atoms in total. The summed E-state index contributed by atoms with van der Waals surface area (Å²) in [7, 11) is 0. The zero-order valence-corrected chi connectivity index (χ0v) is 19.1. The van der Waals surface area contributed by atoms with E-state index in [1.807, 2.05) is 36.9 Å². The molecule has 0 spiro atoms. The van der Waals surface area contributed by atoms with Crippen LogP contribution >= 0.6 is 0 Å². The van der Waals surface area contributed by atoms with Gasteiger partial charge in [-0.1, -0.05) is 38.0 Å². The number of benzene rings is 1. The van der Waals surface area contributed by atoms with Crippen LogP contribution in [0.4, 0.5) is 4.39 Å². The van der Waals surface area contributed by atoms with Crippen LogP contribution in [0.25, 0.3) is 0 Å². The van der Waals surface area contributed by atoms with Gasteiger partial charge in [0.15, 0.2) is 0 Å². The van der Waals surface area contributed by atoms with E-state index >= 15 is 0 Å². The summed E-state index contributed by atoms with van der Waals surface area (Å²) in [6.45, 7) is 12.8. The standard InChI is InChI=1S/C25H35FN2O2/c1-7-9-20(16-30-24-13-12-21(26)15-27-24)23(8-2)28(17(3)4)25(29)22-14-18(5)10-11-19(22)6/h10-15,17,20,23H,7-9,16H2,1-6H3. The number of amides is 1. The summed E-state index contributed by atoms with van der Waals surface area (Å²) in [6.07, 6.45) is 3.92. The molecule has 1 amide bonds. The molecule has 0 aliphatic heterocycles. The maximum absolute atomic E-state index is 13.6. The van der Waals surface area contributed by atoms with Gasteiger partial charge >= 0.3 is 0 Å². The molecule has 0 radical (unpaired) electrons. The summed E-state index contributed by atoms with van der Waals surface area (Å²) in [5.41, 5.74) is 2.83. The number of nitrogens with zero attached hydrogens (tertiary/aromatic N) is 2. The average Bonchev–Trinajstić information content (AvgIpc) is 2.71. The van der Waals surface area contributed by atoms with Crippen molar-refractivity contribution in [1.82, 2.24) is 9.88 Å². The second-order valence-electron chi connectivity index (χ2n) is 8.27. The molecule has 0 saturated carbocycles. The van der Waals surface area contributed by atoms with Gasteiger partial charge in [-0.2, -0.15) is 0 Å². The Morgan fingerprint density at radius 1 is 1.17 bits per heavy atom. The van der Waals surface area contributed by atoms with Crippen LogP contribution in [0.15, 0.2) is 36.5 Å². The molecule has 2 unspecified atom stereocenters. The quantitative estimate of drug-likeness (QED) is 0.481. The Balaban J connectivity index is 2.29. The van der Waals surface area contributed by atoms with E-state index in [9.17, 15) is 9.18 Å². The lowest BCUT2D eigenvalue weighted by molar-refractivity contribution is 0.0430. The highest BCUT2D eigenvalue weighted by Gasteiger charge is 2.32. The number of pyridine rings is 1. The van der Waals surface area contributed by atoms with E-state index < -0.39 is 0 Å². The number of halogens is 1. The van der Waals surface area contributed by atoms with Gasteiger partial charge < -0.3 is 9.64 Å². The summed E-state index contributed by atoms with van der Waals surface area (Å²) in [5, 5.41) is 0. The smallest absolute Gasteiger partial charge is 0.254 e. The fourth-order valence-corrected chi connectivity index (χ4v) is 4.03. The molecule has 1 heterocycles. The van der Waals surface area contributed by atoms with Crippen molar-refractivity contribution >= 4 is 5.91 Å². The first kappa shape index (κ1) is 23.8. The third kappa shape index (κ3) is 6.04. The van der Waals surface area contributed by atoms with Gasteiger partial charge in [-0.15, -0.1) is 0 Å². The largest absolute Gasteiger partial charge is 0.477 e. The van der Waals surface area contributed by atoms with Crippen LogP contribution in [0.1, 0.15) is 68.4 Å². The molecule has 2 rings (SSSR count). The van der Waals surface area contributed by atoms with E-state index in [1.165, 1.54) is 6.07 Å². The summed E-state index contributed by atoms with van der Waals surface area (Å²) in [4.78, 5) is 19.6. The average molecular weight is 415 g/mol. The van der Waals surface area contributed by atoms with Crippen LogP contribution in [0.2, 0.25) is 0 Å². The number of carbonyl (C=O) groups is 1. The highest BCUT2D eigenvalue weighted by Crippen LogP contribution is 2.26. The Bertz CT molecular complexity index is 820. The van der Waals surface area contributed by atoms with Gasteiger partial charge in [-0.25, -0.2) is 9.37 Å². The van der Waals surface area contributed by atoms with Crippen LogP contribution in [0, 0.1) is 25.6 Å². The summed E-state index contributed by atoms with van der Waals surface area (Å²) < 4.78 is 19.0. The number of ether oxygens (including phenoxy) is 1. The summed E-state index contributed by atoms with van der Waals surface area (Å²) in [5.74, 6) is 0.246. The van der Waals surface area contributed by atoms with Crippen molar-refractivity contribution in [2.45, 2.75) is 72.9 Å². The first-order valence-electron chi connectivity index (χ1n) is 10.9. The van der Waals surface area contributed by atoms with Crippen LogP contribution in [0.5, 0.6) is 5.88 Å². The van der Waals surface area contributed by atoms with Gasteiger partial charge in [0, 0.05) is 29.6 Å². The van der Waals surface area contributed by atoms with Crippen LogP contribution < -0.4 is 4.74 Å². The number of carbonyl (C=O) groups excluding carboxylic acids is 1. The lowest BCUT2D eigenvalue weighted by Crippen LogP contribution is -2.49. The topological polar surface area (TPSA) is 42.4 Å². The third-order valence-electron chi connectivity index (χ3n) is 5.54. The maximum Gasteiger partial charge on any atom is 0.254 e. The Labute approximate surface area is 180 Å². The minimum atomic E-state index is -0.385. The van der Waals surface area contributed by atoms with E-state index in [1.54, 1.807) is 6.07 Å². The fourth-order valence-electron chi connectivity index (χ4n) is 4.03. The SMILES string of the molecule is CCCC(COc1ccc(F)cn1)C(CC)N(C(=O)c1cc(C)ccc1C)C(C)C. The summed E-state index contributed by atoms with van der Waals surface area (Å²) in [6, 6.07) is 9.01. The molecule has 0 saturated heterocycles. The van der Waals surface area contributed by atoms with Gasteiger partial charge in [0.2, 0.25) is 5.88 Å². The van der Waals surface area contributed by atoms with Crippen LogP contribution in [0.3, 0.4) is 0 Å². The first-order chi connectivity index (χ1) is 14.3. The van der Waals surface area contributed by atoms with Crippen molar-refractivity contribution in [2.75, 3.05) is 6.61 Å². The number of hydrogen-bond donors (Lipinski definition) is 0. The van der Waals surface area contributed by atoms with Crippen molar-refractivity contribution in [3.8, 4) is 5.88 Å². The lowest BCUT2D eigenvalue weighted by Gasteiger charge is -2.39. The molecular weight excluding hydrogens is 379 g/mol. The predicted octanol–water partition coefficient (Wildman–Crippen LogP) is 5.96. The number of aromatic nitrogens is 1. The van der Waals surface area contributed by atoms with E-state index in [-0.39, 0.29) is 29.7 Å². The first-order valence-corrected chi connectivity index (χ1v) is 10.9. The van der Waals surface area contributed by atoms with Gasteiger partial charge in [-0.05, 0) is 58.2 Å². The number of hydrogen-bond acceptors (Lipinski definition) is 3. The molecule has 0 aliphatic carbocycles. The molecule has 30 heavy (non-hydrogen) atoms. The van der Waals surface area contributed by atoms with E-state index in [2.05, 4.69) is 32.7 Å². The van der Waals surface area contributed by atoms with Gasteiger partial charge in [-0.3, -0.25) is 4.79 Å². The second kappa shape index (κ2) is 11.1. The van der Waals surface area contributed by atoms with Crippen LogP contribution in [-0.4, -0.2) is 34.5 Å². The normalized spacial score (nSPS) is 13.2. The number of rotatable bonds is 10. The van der Waals surface area contributed by atoms with E-state index in [0.717, 1.165) is 42.1 Å². The molecule has 164 valence electrons. The van der Waals surface area contributed by atoms with Crippen molar-refractivity contribution in [3.05, 3.63) is 59.0 Å². The molecule has 0 N–H and O–H groups in total. The molecular formula is C25H35FN2O2. The molecule has 2 aromatic rings. The molecule has 1 aromatic heterocycles. The Morgan fingerprint density at radius 3 is 2.47 bits per heavy atom. The Hall–Kier alpha value is -2.43. The Kier molecular flexibility index (Phi) is 8.82. The zero-order valence-electron chi connectivity index (χ0n) is 19.1. The predicted molar refractivity (Wildman–Crippen MR) is 119 cm³/mol. The molecule has 0 bridgehead atoms. The minimum absolute atomic E-state index is 0.0396. The monoisotopic (exact) mass is 414 g/mol. The van der Waals surface area contributed by atoms with Crippen LogP contribution in [-0.2, 0) is 0 Å². The molecule has 5 heteroatoms.